The number of hydrogen-bond acceptors (Lipinski definition) is 3. The Labute approximate surface area is 85.1 Å². The minimum Gasteiger partial charge on any atom is -0.469 e. The molecule has 0 fully saturated rings. The molecule has 3 nitrogen and oxygen atoms in total. The molecule has 3 heteroatoms. The highest BCUT2D eigenvalue weighted by Crippen LogP contribution is 2.09. The summed E-state index contributed by atoms with van der Waals surface area (Å²) in [6.45, 7) is 5.46. The zero-order valence-corrected chi connectivity index (χ0v) is 8.91. The van der Waals surface area contributed by atoms with Gasteiger partial charge in [-0.1, -0.05) is 13.0 Å². The first kappa shape index (κ1) is 12.9. The predicted octanol–water partition coefficient (Wildman–Crippen LogP) is 2.11. The molecule has 14 heavy (non-hydrogen) atoms. The third-order valence-electron chi connectivity index (χ3n) is 2.10. The Bertz CT molecular complexity index is 209. The first-order chi connectivity index (χ1) is 6.61. The van der Waals surface area contributed by atoms with Crippen LogP contribution in [0.3, 0.4) is 0 Å². The maximum Gasteiger partial charge on any atom is 0.305 e. The van der Waals surface area contributed by atoms with Gasteiger partial charge in [-0.15, -0.1) is 6.58 Å². The topological polar surface area (TPSA) is 43.4 Å². The fourth-order valence-electron chi connectivity index (χ4n) is 1.14. The van der Waals surface area contributed by atoms with Gasteiger partial charge in [-0.3, -0.25) is 9.59 Å². The molecule has 0 saturated heterocycles. The fraction of sp³-hybridized carbons (Fsp3) is 0.636. The standard InChI is InChI=1S/C11H18O3/c1-4-6-9(2)10(12)7-5-8-11(13)14-3/h4,9H,1,5-8H2,2-3H3. The van der Waals surface area contributed by atoms with Crippen molar-refractivity contribution in [3.8, 4) is 0 Å². The number of esters is 1. The molecule has 1 atom stereocenters. The predicted molar refractivity (Wildman–Crippen MR) is 54.9 cm³/mol. The molecule has 1 unspecified atom stereocenters. The number of methoxy groups -OCH3 is 1. The molecular weight excluding hydrogens is 180 g/mol. The lowest BCUT2D eigenvalue weighted by Crippen LogP contribution is -2.10. The molecule has 0 amide bonds. The maximum absolute atomic E-state index is 11.4. The van der Waals surface area contributed by atoms with Crippen LogP contribution in [0.4, 0.5) is 0 Å². The van der Waals surface area contributed by atoms with E-state index in [4.69, 9.17) is 0 Å². The molecule has 0 aromatic rings. The van der Waals surface area contributed by atoms with Gasteiger partial charge in [0.15, 0.2) is 0 Å². The lowest BCUT2D eigenvalue weighted by Gasteiger charge is -2.06. The molecule has 0 aliphatic heterocycles. The van der Waals surface area contributed by atoms with Crippen molar-refractivity contribution in [2.24, 2.45) is 5.92 Å². The average Bonchev–Trinajstić information content (AvgIpc) is 2.17. The van der Waals surface area contributed by atoms with Gasteiger partial charge < -0.3 is 4.74 Å². The van der Waals surface area contributed by atoms with E-state index in [1.54, 1.807) is 6.08 Å². The van der Waals surface area contributed by atoms with Crippen LogP contribution in [-0.2, 0) is 14.3 Å². The molecule has 0 bridgehead atoms. The Morgan fingerprint density at radius 3 is 2.57 bits per heavy atom. The smallest absolute Gasteiger partial charge is 0.305 e. The van der Waals surface area contributed by atoms with E-state index in [9.17, 15) is 9.59 Å². The highest BCUT2D eigenvalue weighted by Gasteiger charge is 2.11. The minimum absolute atomic E-state index is 0.0187. The SMILES string of the molecule is C=CCC(C)C(=O)CCCC(=O)OC. The summed E-state index contributed by atoms with van der Waals surface area (Å²) >= 11 is 0. The highest BCUT2D eigenvalue weighted by molar-refractivity contribution is 5.81. The van der Waals surface area contributed by atoms with Crippen LogP contribution in [0.5, 0.6) is 0 Å². The summed E-state index contributed by atoms with van der Waals surface area (Å²) in [5, 5.41) is 0. The number of rotatable bonds is 7. The van der Waals surface area contributed by atoms with Gasteiger partial charge in [0.1, 0.15) is 5.78 Å². The second-order valence-corrected chi connectivity index (χ2v) is 3.32. The normalized spacial score (nSPS) is 11.9. The van der Waals surface area contributed by atoms with Crippen molar-refractivity contribution in [2.75, 3.05) is 7.11 Å². The van der Waals surface area contributed by atoms with Gasteiger partial charge in [0.2, 0.25) is 0 Å². The van der Waals surface area contributed by atoms with Gasteiger partial charge in [0.25, 0.3) is 0 Å². The summed E-state index contributed by atoms with van der Waals surface area (Å²) < 4.78 is 4.47. The first-order valence-corrected chi connectivity index (χ1v) is 4.82. The van der Waals surface area contributed by atoms with Gasteiger partial charge in [0.05, 0.1) is 7.11 Å². The van der Waals surface area contributed by atoms with Crippen LogP contribution in [0, 0.1) is 5.92 Å². The molecule has 0 radical (unpaired) electrons. The van der Waals surface area contributed by atoms with E-state index in [0.29, 0.717) is 25.7 Å². The molecule has 0 saturated carbocycles. The number of ketones is 1. The quantitative estimate of drug-likeness (QED) is 0.465. The first-order valence-electron chi connectivity index (χ1n) is 4.82. The molecule has 0 N–H and O–H groups in total. The molecule has 0 aromatic heterocycles. The van der Waals surface area contributed by atoms with Crippen LogP contribution in [-0.4, -0.2) is 18.9 Å². The van der Waals surface area contributed by atoms with Crippen molar-refractivity contribution < 1.29 is 14.3 Å². The number of ether oxygens (including phenoxy) is 1. The Morgan fingerprint density at radius 1 is 1.43 bits per heavy atom. The summed E-state index contributed by atoms with van der Waals surface area (Å²) in [7, 11) is 1.35. The van der Waals surface area contributed by atoms with Crippen LogP contribution in [0.15, 0.2) is 12.7 Å². The largest absolute Gasteiger partial charge is 0.469 e. The Morgan fingerprint density at radius 2 is 2.07 bits per heavy atom. The van der Waals surface area contributed by atoms with E-state index in [-0.39, 0.29) is 17.7 Å². The van der Waals surface area contributed by atoms with Crippen LogP contribution < -0.4 is 0 Å². The van der Waals surface area contributed by atoms with Crippen molar-refractivity contribution in [2.45, 2.75) is 32.6 Å². The van der Waals surface area contributed by atoms with Gasteiger partial charge in [0, 0.05) is 18.8 Å². The zero-order valence-electron chi connectivity index (χ0n) is 8.91. The van der Waals surface area contributed by atoms with E-state index in [2.05, 4.69) is 11.3 Å². The van der Waals surface area contributed by atoms with Gasteiger partial charge in [-0.25, -0.2) is 0 Å². The van der Waals surface area contributed by atoms with Crippen LogP contribution >= 0.6 is 0 Å². The van der Waals surface area contributed by atoms with Crippen molar-refractivity contribution >= 4 is 11.8 Å². The van der Waals surface area contributed by atoms with Crippen molar-refractivity contribution in [1.29, 1.82) is 0 Å². The number of hydrogen-bond donors (Lipinski definition) is 0. The van der Waals surface area contributed by atoms with E-state index >= 15 is 0 Å². The van der Waals surface area contributed by atoms with Crippen molar-refractivity contribution in [3.63, 3.8) is 0 Å². The lowest BCUT2D eigenvalue weighted by atomic mass is 9.98. The number of carbonyl (C=O) groups excluding carboxylic acids is 2. The number of allylic oxidation sites excluding steroid dienone is 1. The third-order valence-corrected chi connectivity index (χ3v) is 2.10. The Balaban J connectivity index is 3.63. The number of carbonyl (C=O) groups is 2. The van der Waals surface area contributed by atoms with Crippen LogP contribution in [0.1, 0.15) is 32.6 Å². The summed E-state index contributed by atoms with van der Waals surface area (Å²) in [6, 6.07) is 0. The van der Waals surface area contributed by atoms with Crippen LogP contribution in [0.25, 0.3) is 0 Å². The van der Waals surface area contributed by atoms with Crippen molar-refractivity contribution in [3.05, 3.63) is 12.7 Å². The van der Waals surface area contributed by atoms with E-state index < -0.39 is 0 Å². The second-order valence-electron chi connectivity index (χ2n) is 3.32. The molecular formula is C11H18O3. The Kier molecular flexibility index (Phi) is 6.72. The van der Waals surface area contributed by atoms with E-state index in [1.807, 2.05) is 6.92 Å². The molecule has 0 aliphatic carbocycles. The number of Topliss-reactive ketones (excluding diaryl/α,β-unsaturated/α-hetero) is 1. The monoisotopic (exact) mass is 198 g/mol. The molecule has 0 rings (SSSR count). The maximum atomic E-state index is 11.4. The molecule has 80 valence electrons. The third kappa shape index (κ3) is 5.51. The summed E-state index contributed by atoms with van der Waals surface area (Å²) in [6.07, 6.45) is 3.79. The van der Waals surface area contributed by atoms with Gasteiger partial charge >= 0.3 is 5.97 Å². The molecule has 0 aromatic carbocycles. The zero-order chi connectivity index (χ0) is 11.0. The summed E-state index contributed by atoms with van der Waals surface area (Å²) in [5.41, 5.74) is 0. The lowest BCUT2D eigenvalue weighted by molar-refractivity contribution is -0.140. The molecule has 0 spiro atoms. The van der Waals surface area contributed by atoms with Crippen LogP contribution in [0.2, 0.25) is 0 Å². The van der Waals surface area contributed by atoms with E-state index in [1.165, 1.54) is 7.11 Å². The Hall–Kier alpha value is -1.12. The summed E-state index contributed by atoms with van der Waals surface area (Å²) in [4.78, 5) is 22.1. The molecule has 0 heterocycles. The van der Waals surface area contributed by atoms with Gasteiger partial charge in [-0.2, -0.15) is 0 Å². The fourth-order valence-corrected chi connectivity index (χ4v) is 1.14. The van der Waals surface area contributed by atoms with E-state index in [0.717, 1.165) is 0 Å². The average molecular weight is 198 g/mol. The van der Waals surface area contributed by atoms with Crippen molar-refractivity contribution in [1.82, 2.24) is 0 Å². The summed E-state index contributed by atoms with van der Waals surface area (Å²) in [5.74, 6) is -0.0480. The minimum atomic E-state index is -0.255. The second kappa shape index (κ2) is 7.30. The van der Waals surface area contributed by atoms with Gasteiger partial charge in [-0.05, 0) is 12.8 Å². The molecule has 0 aliphatic rings. The highest BCUT2D eigenvalue weighted by atomic mass is 16.5.